The van der Waals surface area contributed by atoms with Gasteiger partial charge in [-0.2, -0.15) is 0 Å². The van der Waals surface area contributed by atoms with Gasteiger partial charge in [0.1, 0.15) is 17.7 Å². The zero-order valence-electron chi connectivity index (χ0n) is 21.4. The Hall–Kier alpha value is -3.85. The highest BCUT2D eigenvalue weighted by Gasteiger charge is 2.25. The van der Waals surface area contributed by atoms with Crippen LogP contribution >= 0.6 is 11.8 Å². The van der Waals surface area contributed by atoms with E-state index in [1.807, 2.05) is 73.0 Å². The van der Waals surface area contributed by atoms with E-state index in [9.17, 15) is 10.1 Å². The molecule has 0 N–H and O–H groups in total. The molecule has 4 aromatic rings. The summed E-state index contributed by atoms with van der Waals surface area (Å²) >= 11 is 1.32. The van der Waals surface area contributed by atoms with Crippen LogP contribution in [0.15, 0.2) is 71.9 Å². The largest absolute Gasteiger partial charge is 0.490 e. The third-order valence-electron chi connectivity index (χ3n) is 5.98. The summed E-state index contributed by atoms with van der Waals surface area (Å²) in [5, 5.41) is 20.3. The molecule has 0 aliphatic carbocycles. The van der Waals surface area contributed by atoms with Crippen molar-refractivity contribution in [2.24, 2.45) is 0 Å². The maximum Gasteiger partial charge on any atom is 0.220 e. The standard InChI is InChI=1S/C28H30N4O4S/c1-5-35-26-16-23(12-14-25(26)36-18-22-9-7-6-8-10-22)27(17-31(33)34)37-28-30-29-21(4)32(28)24-13-11-19(2)20(3)15-24/h6-16,27H,5,17-18H2,1-4H3/t27-/m1/s1. The Bertz CT molecular complexity index is 1370. The first-order valence-corrected chi connectivity index (χ1v) is 12.9. The number of nitrogens with zero attached hydrogens (tertiary/aromatic N) is 4. The van der Waals surface area contributed by atoms with Gasteiger partial charge in [-0.1, -0.05) is 54.2 Å². The molecule has 4 rings (SSSR count). The number of aromatic nitrogens is 3. The van der Waals surface area contributed by atoms with E-state index < -0.39 is 5.25 Å². The van der Waals surface area contributed by atoms with Crippen molar-refractivity contribution in [1.29, 1.82) is 0 Å². The van der Waals surface area contributed by atoms with Gasteiger partial charge >= 0.3 is 0 Å². The number of ether oxygens (including phenoxy) is 2. The lowest BCUT2D eigenvalue weighted by atomic mass is 10.1. The van der Waals surface area contributed by atoms with Gasteiger partial charge in [0.25, 0.3) is 0 Å². The number of benzene rings is 3. The summed E-state index contributed by atoms with van der Waals surface area (Å²) in [6.07, 6.45) is 0. The van der Waals surface area contributed by atoms with E-state index in [4.69, 9.17) is 9.47 Å². The van der Waals surface area contributed by atoms with Crippen LogP contribution < -0.4 is 9.47 Å². The Kier molecular flexibility index (Phi) is 8.45. The lowest BCUT2D eigenvalue weighted by molar-refractivity contribution is -0.479. The van der Waals surface area contributed by atoms with E-state index in [0.29, 0.717) is 35.7 Å². The number of hydrogen-bond donors (Lipinski definition) is 0. The summed E-state index contributed by atoms with van der Waals surface area (Å²) in [6.45, 7) is 8.44. The van der Waals surface area contributed by atoms with Crippen molar-refractivity contribution < 1.29 is 14.4 Å². The van der Waals surface area contributed by atoms with Crippen molar-refractivity contribution in [2.45, 2.75) is 44.7 Å². The molecule has 0 unspecified atom stereocenters. The highest BCUT2D eigenvalue weighted by atomic mass is 32.2. The Morgan fingerprint density at radius 3 is 2.43 bits per heavy atom. The summed E-state index contributed by atoms with van der Waals surface area (Å²) in [5.41, 5.74) is 5.05. The minimum absolute atomic E-state index is 0.278. The quantitative estimate of drug-likeness (QED) is 0.131. The molecule has 0 amide bonds. The average molecular weight is 519 g/mol. The van der Waals surface area contributed by atoms with Crippen LogP contribution in [0.25, 0.3) is 5.69 Å². The first kappa shape index (κ1) is 26.2. The maximum atomic E-state index is 11.6. The van der Waals surface area contributed by atoms with Gasteiger partial charge in [-0.3, -0.25) is 14.7 Å². The van der Waals surface area contributed by atoms with Crippen molar-refractivity contribution >= 4 is 11.8 Å². The van der Waals surface area contributed by atoms with Crippen molar-refractivity contribution in [3.05, 3.63) is 105 Å². The highest BCUT2D eigenvalue weighted by molar-refractivity contribution is 7.99. The zero-order chi connectivity index (χ0) is 26.4. The van der Waals surface area contributed by atoms with Gasteiger partial charge in [-0.25, -0.2) is 0 Å². The number of thioether (sulfide) groups is 1. The first-order chi connectivity index (χ1) is 17.9. The van der Waals surface area contributed by atoms with Gasteiger partial charge in [0.2, 0.25) is 6.54 Å². The predicted molar refractivity (Wildman–Crippen MR) is 144 cm³/mol. The van der Waals surface area contributed by atoms with Crippen molar-refractivity contribution in [3.63, 3.8) is 0 Å². The minimum Gasteiger partial charge on any atom is -0.490 e. The van der Waals surface area contributed by atoms with E-state index in [2.05, 4.69) is 36.2 Å². The number of rotatable bonds is 11. The van der Waals surface area contributed by atoms with Gasteiger partial charge in [-0.05, 0) is 74.2 Å². The van der Waals surface area contributed by atoms with Crippen LogP contribution in [-0.4, -0.2) is 32.8 Å². The molecule has 0 fully saturated rings. The molecule has 1 atom stereocenters. The second-order valence-corrected chi connectivity index (χ2v) is 9.84. The van der Waals surface area contributed by atoms with Crippen molar-refractivity contribution in [3.8, 4) is 17.2 Å². The highest BCUT2D eigenvalue weighted by Crippen LogP contribution is 2.40. The van der Waals surface area contributed by atoms with E-state index in [0.717, 1.165) is 22.4 Å². The van der Waals surface area contributed by atoms with Crippen LogP contribution in [0.1, 0.15) is 40.3 Å². The molecule has 0 bridgehead atoms. The van der Waals surface area contributed by atoms with E-state index in [-0.39, 0.29) is 11.5 Å². The summed E-state index contributed by atoms with van der Waals surface area (Å²) in [4.78, 5) is 11.3. The Morgan fingerprint density at radius 1 is 0.946 bits per heavy atom. The summed E-state index contributed by atoms with van der Waals surface area (Å²) in [6, 6.07) is 21.5. The molecule has 0 radical (unpaired) electrons. The van der Waals surface area contributed by atoms with E-state index in [1.165, 1.54) is 17.3 Å². The lowest BCUT2D eigenvalue weighted by Crippen LogP contribution is -2.12. The normalized spacial score (nSPS) is 11.8. The lowest BCUT2D eigenvalue weighted by Gasteiger charge is -2.18. The fourth-order valence-electron chi connectivity index (χ4n) is 3.90. The molecule has 37 heavy (non-hydrogen) atoms. The summed E-state index contributed by atoms with van der Waals surface area (Å²) < 4.78 is 13.8. The molecular weight excluding hydrogens is 488 g/mol. The van der Waals surface area contributed by atoms with Crippen molar-refractivity contribution in [2.75, 3.05) is 13.2 Å². The first-order valence-electron chi connectivity index (χ1n) is 12.1. The number of hydrogen-bond acceptors (Lipinski definition) is 7. The Morgan fingerprint density at radius 2 is 1.73 bits per heavy atom. The van der Waals surface area contributed by atoms with Gasteiger partial charge in [-0.15, -0.1) is 10.2 Å². The number of aryl methyl sites for hydroxylation is 3. The molecule has 3 aromatic carbocycles. The Labute approximate surface area is 220 Å². The van der Waals surface area contributed by atoms with Crippen LogP contribution in [0.4, 0.5) is 0 Å². The van der Waals surface area contributed by atoms with Crippen LogP contribution in [-0.2, 0) is 6.61 Å². The Balaban J connectivity index is 1.64. The summed E-state index contributed by atoms with van der Waals surface area (Å²) in [7, 11) is 0. The topological polar surface area (TPSA) is 92.3 Å². The molecule has 1 heterocycles. The van der Waals surface area contributed by atoms with Crippen LogP contribution in [0.3, 0.4) is 0 Å². The smallest absolute Gasteiger partial charge is 0.220 e. The van der Waals surface area contributed by atoms with Crippen LogP contribution in [0.2, 0.25) is 0 Å². The molecule has 8 nitrogen and oxygen atoms in total. The second-order valence-electron chi connectivity index (χ2n) is 8.67. The van der Waals surface area contributed by atoms with Crippen LogP contribution in [0.5, 0.6) is 11.5 Å². The number of nitro groups is 1. The molecular formula is C28H30N4O4S. The van der Waals surface area contributed by atoms with Gasteiger partial charge in [0.05, 0.1) is 6.61 Å². The van der Waals surface area contributed by atoms with Crippen LogP contribution in [0, 0.1) is 30.9 Å². The van der Waals surface area contributed by atoms with Gasteiger partial charge in [0.15, 0.2) is 16.7 Å². The molecule has 1 aromatic heterocycles. The molecule has 0 saturated heterocycles. The minimum atomic E-state index is -0.508. The third-order valence-corrected chi connectivity index (χ3v) is 7.16. The monoisotopic (exact) mass is 518 g/mol. The SMILES string of the molecule is CCOc1cc([C@@H](C[N+](=O)[O-])Sc2nnc(C)n2-c2ccc(C)c(C)c2)ccc1OCc1ccccc1. The van der Waals surface area contributed by atoms with E-state index >= 15 is 0 Å². The average Bonchev–Trinajstić information content (AvgIpc) is 3.24. The maximum absolute atomic E-state index is 11.6. The molecule has 9 heteroatoms. The fraction of sp³-hybridized carbons (Fsp3) is 0.286. The molecule has 0 aliphatic rings. The van der Waals surface area contributed by atoms with Crippen molar-refractivity contribution in [1.82, 2.24) is 14.8 Å². The third kappa shape index (κ3) is 6.48. The summed E-state index contributed by atoms with van der Waals surface area (Å²) in [5.74, 6) is 1.86. The molecule has 0 spiro atoms. The van der Waals surface area contributed by atoms with Gasteiger partial charge < -0.3 is 9.47 Å². The van der Waals surface area contributed by atoms with E-state index in [1.54, 1.807) is 0 Å². The zero-order valence-corrected chi connectivity index (χ0v) is 22.2. The predicted octanol–water partition coefficient (Wildman–Crippen LogP) is 6.28. The molecule has 192 valence electrons. The molecule has 0 saturated carbocycles. The fourth-order valence-corrected chi connectivity index (χ4v) is 5.07. The second kappa shape index (κ2) is 11.9. The molecule has 0 aliphatic heterocycles. The van der Waals surface area contributed by atoms with Gasteiger partial charge in [0, 0.05) is 10.6 Å².